The predicted octanol–water partition coefficient (Wildman–Crippen LogP) is 3.58. The molecule has 0 bridgehead atoms. The summed E-state index contributed by atoms with van der Waals surface area (Å²) in [5.74, 6) is -0.231. The number of amides is 1. The first-order valence-electron chi connectivity index (χ1n) is 11.5. The number of nitrogens with zero attached hydrogens (tertiary/aromatic N) is 6. The van der Waals surface area contributed by atoms with Crippen molar-refractivity contribution >= 4 is 22.5 Å². The summed E-state index contributed by atoms with van der Waals surface area (Å²) >= 11 is 0. The molecule has 0 radical (unpaired) electrons. The van der Waals surface area contributed by atoms with E-state index in [0.29, 0.717) is 24.5 Å². The summed E-state index contributed by atoms with van der Waals surface area (Å²) in [6.45, 7) is 2.82. The number of rotatable bonds is 4. The number of ether oxygens (including phenoxy) is 1. The molecular weight excluding hydrogens is 454 g/mol. The van der Waals surface area contributed by atoms with Crippen LogP contribution in [0.5, 0.6) is 0 Å². The van der Waals surface area contributed by atoms with E-state index in [2.05, 4.69) is 26.5 Å². The Kier molecular flexibility index (Phi) is 5.16. The van der Waals surface area contributed by atoms with Gasteiger partial charge in [0.1, 0.15) is 11.1 Å². The minimum Gasteiger partial charge on any atom is -0.375 e. The Bertz CT molecular complexity index is 1690. The second-order valence-corrected chi connectivity index (χ2v) is 8.99. The lowest BCUT2D eigenvalue weighted by atomic mass is 9.79. The second kappa shape index (κ2) is 8.52. The van der Waals surface area contributed by atoms with Gasteiger partial charge in [-0.2, -0.15) is 10.4 Å². The van der Waals surface area contributed by atoms with E-state index >= 15 is 0 Å². The van der Waals surface area contributed by atoms with E-state index in [0.717, 1.165) is 39.1 Å². The van der Waals surface area contributed by atoms with Crippen LogP contribution in [0.25, 0.3) is 27.9 Å². The maximum Gasteiger partial charge on any atom is 0.251 e. The number of carbonyl (C=O) groups is 1. The molecule has 1 aromatic carbocycles. The van der Waals surface area contributed by atoms with Crippen LogP contribution in [0.3, 0.4) is 0 Å². The van der Waals surface area contributed by atoms with Crippen LogP contribution in [-0.2, 0) is 23.3 Å². The highest BCUT2D eigenvalue weighted by molar-refractivity contribution is 5.94. The number of pyridine rings is 2. The molecule has 0 unspecified atom stereocenters. The lowest BCUT2D eigenvalue weighted by molar-refractivity contribution is 0.0757. The lowest BCUT2D eigenvalue weighted by Gasteiger charge is -2.30. The maximum absolute atomic E-state index is 12.9. The molecule has 6 rings (SSSR count). The summed E-state index contributed by atoms with van der Waals surface area (Å²) in [6.07, 6.45) is 5.21. The summed E-state index contributed by atoms with van der Waals surface area (Å²) < 4.78 is 7.30. The van der Waals surface area contributed by atoms with Gasteiger partial charge in [0.2, 0.25) is 0 Å². The first kappa shape index (κ1) is 21.8. The number of nitriles is 1. The third-order valence-corrected chi connectivity index (χ3v) is 6.46. The molecule has 1 N–H and O–H groups in total. The van der Waals surface area contributed by atoms with Crippen molar-refractivity contribution in [1.82, 2.24) is 29.9 Å². The highest BCUT2D eigenvalue weighted by Crippen LogP contribution is 2.32. The van der Waals surface area contributed by atoms with Crippen LogP contribution in [-0.4, -0.2) is 37.1 Å². The van der Waals surface area contributed by atoms with Crippen molar-refractivity contribution in [3.8, 4) is 17.5 Å². The highest BCUT2D eigenvalue weighted by Gasteiger charge is 2.33. The van der Waals surface area contributed by atoms with E-state index < -0.39 is 5.41 Å². The quantitative estimate of drug-likeness (QED) is 0.422. The summed E-state index contributed by atoms with van der Waals surface area (Å²) in [4.78, 5) is 26.6. The number of hydrogen-bond acceptors (Lipinski definition) is 7. The van der Waals surface area contributed by atoms with E-state index in [1.807, 2.05) is 43.3 Å². The number of aromatic nitrogens is 5. The molecular formula is C27H21N7O2. The fourth-order valence-corrected chi connectivity index (χ4v) is 4.47. The van der Waals surface area contributed by atoms with Gasteiger partial charge in [0, 0.05) is 23.3 Å². The molecule has 1 aliphatic rings. The number of benzene rings is 1. The van der Waals surface area contributed by atoms with Gasteiger partial charge in [0.25, 0.3) is 5.91 Å². The molecule has 9 heteroatoms. The lowest BCUT2D eigenvalue weighted by Crippen LogP contribution is -2.33. The van der Waals surface area contributed by atoms with Gasteiger partial charge in [0.05, 0.1) is 48.9 Å². The molecule has 0 saturated heterocycles. The maximum atomic E-state index is 12.9. The Morgan fingerprint density at radius 1 is 1.19 bits per heavy atom. The fourth-order valence-electron chi connectivity index (χ4n) is 4.47. The largest absolute Gasteiger partial charge is 0.375 e. The second-order valence-electron chi connectivity index (χ2n) is 8.99. The summed E-state index contributed by atoms with van der Waals surface area (Å²) in [5.41, 5.74) is 5.22. The summed E-state index contributed by atoms with van der Waals surface area (Å²) in [5, 5.41) is 17.8. The van der Waals surface area contributed by atoms with Crippen LogP contribution in [0.15, 0.2) is 67.1 Å². The van der Waals surface area contributed by atoms with Crippen LogP contribution in [0.4, 0.5) is 0 Å². The molecule has 4 aromatic heterocycles. The van der Waals surface area contributed by atoms with E-state index in [4.69, 9.17) is 9.72 Å². The monoisotopic (exact) mass is 475 g/mol. The van der Waals surface area contributed by atoms with Crippen molar-refractivity contribution in [3.05, 3.63) is 89.5 Å². The minimum atomic E-state index is -0.774. The number of nitrogens with one attached hydrogen (secondary N) is 1. The molecule has 0 fully saturated rings. The average molecular weight is 476 g/mol. The van der Waals surface area contributed by atoms with E-state index in [1.54, 1.807) is 35.2 Å². The molecule has 176 valence electrons. The third-order valence-electron chi connectivity index (χ3n) is 6.46. The Labute approximate surface area is 206 Å². The Morgan fingerprint density at radius 3 is 3.00 bits per heavy atom. The van der Waals surface area contributed by atoms with E-state index in [9.17, 15) is 10.1 Å². The van der Waals surface area contributed by atoms with Crippen molar-refractivity contribution in [1.29, 1.82) is 5.26 Å². The minimum absolute atomic E-state index is 0.231. The zero-order valence-corrected chi connectivity index (χ0v) is 19.5. The van der Waals surface area contributed by atoms with Crippen LogP contribution < -0.4 is 5.32 Å². The molecule has 1 aliphatic heterocycles. The molecule has 5 heterocycles. The molecule has 9 nitrogen and oxygen atoms in total. The Balaban J connectivity index is 1.24. The van der Waals surface area contributed by atoms with Crippen molar-refractivity contribution in [2.75, 3.05) is 6.61 Å². The predicted molar refractivity (Wildman–Crippen MR) is 132 cm³/mol. The zero-order valence-electron chi connectivity index (χ0n) is 19.5. The number of fused-ring (bicyclic) bond motifs is 3. The van der Waals surface area contributed by atoms with Crippen molar-refractivity contribution in [2.45, 2.75) is 25.5 Å². The number of imidazole rings is 1. The van der Waals surface area contributed by atoms with Crippen molar-refractivity contribution in [2.24, 2.45) is 0 Å². The average Bonchev–Trinajstić information content (AvgIpc) is 3.35. The molecule has 0 spiro atoms. The summed E-state index contributed by atoms with van der Waals surface area (Å²) in [6, 6.07) is 17.2. The van der Waals surface area contributed by atoms with Gasteiger partial charge in [-0.05, 0) is 60.5 Å². The van der Waals surface area contributed by atoms with Gasteiger partial charge in [-0.1, -0.05) is 6.07 Å². The number of carbonyl (C=O) groups excluding carboxylic acids is 1. The van der Waals surface area contributed by atoms with Crippen LogP contribution >= 0.6 is 0 Å². The van der Waals surface area contributed by atoms with Crippen molar-refractivity contribution in [3.63, 3.8) is 0 Å². The van der Waals surface area contributed by atoms with Gasteiger partial charge in [-0.15, -0.1) is 0 Å². The van der Waals surface area contributed by atoms with Gasteiger partial charge < -0.3 is 10.1 Å². The smallest absolute Gasteiger partial charge is 0.251 e. The standard InChI is InChI=1S/C27H21N7O2/c1-27(15-28)16-36-14-19-5-4-17(9-21(19)27)26(35)31-12-20-10-23-18(11-29-20)6-7-22(33-23)24-13-30-25-3-2-8-32-34(24)25/h2-11,13H,12,14,16H2,1H3,(H,31,35)/t27-/m1/s1. The SMILES string of the molecule is C[C@@]1(C#N)COCc2ccc(C(=O)NCc3cc4nc(-c5cnc6cccnn56)ccc4cn3)cc21. The van der Waals surface area contributed by atoms with E-state index in [-0.39, 0.29) is 12.5 Å². The third kappa shape index (κ3) is 3.74. The normalized spacial score (nSPS) is 17.0. The van der Waals surface area contributed by atoms with Crippen molar-refractivity contribution < 1.29 is 9.53 Å². The number of hydrogen-bond donors (Lipinski definition) is 1. The van der Waals surface area contributed by atoms with Crippen LogP contribution in [0.1, 0.15) is 34.1 Å². The van der Waals surface area contributed by atoms with Gasteiger partial charge >= 0.3 is 0 Å². The molecule has 5 aromatic rings. The van der Waals surface area contributed by atoms with Crippen LogP contribution in [0, 0.1) is 11.3 Å². The Hall–Kier alpha value is -4.68. The first-order valence-corrected chi connectivity index (χ1v) is 11.5. The first-order chi connectivity index (χ1) is 17.5. The molecule has 36 heavy (non-hydrogen) atoms. The molecule has 1 atom stereocenters. The zero-order chi connectivity index (χ0) is 24.7. The van der Waals surface area contributed by atoms with Gasteiger partial charge in [-0.25, -0.2) is 14.5 Å². The fraction of sp³-hybridized carbons (Fsp3) is 0.185. The molecule has 1 amide bonds. The van der Waals surface area contributed by atoms with Gasteiger partial charge in [-0.3, -0.25) is 9.78 Å². The highest BCUT2D eigenvalue weighted by atomic mass is 16.5. The Morgan fingerprint density at radius 2 is 2.11 bits per heavy atom. The van der Waals surface area contributed by atoms with Crippen LogP contribution in [0.2, 0.25) is 0 Å². The molecule has 0 aliphatic carbocycles. The van der Waals surface area contributed by atoms with Gasteiger partial charge in [0.15, 0.2) is 5.65 Å². The summed E-state index contributed by atoms with van der Waals surface area (Å²) in [7, 11) is 0. The van der Waals surface area contributed by atoms with E-state index in [1.165, 1.54) is 0 Å². The topological polar surface area (TPSA) is 118 Å². The molecule has 0 saturated carbocycles.